The van der Waals surface area contributed by atoms with Crippen LogP contribution >= 0.6 is 22.9 Å². The van der Waals surface area contributed by atoms with Crippen molar-refractivity contribution in [1.29, 1.82) is 0 Å². The average molecular weight is 406 g/mol. The first kappa shape index (κ1) is 18.7. The van der Waals surface area contributed by atoms with Gasteiger partial charge in [0.1, 0.15) is 10.8 Å². The summed E-state index contributed by atoms with van der Waals surface area (Å²) in [6, 6.07) is 11.6. The zero-order chi connectivity index (χ0) is 19.2. The lowest BCUT2D eigenvalue weighted by molar-refractivity contribution is 0.102. The van der Waals surface area contributed by atoms with Crippen molar-refractivity contribution in [3.05, 3.63) is 69.4 Å². The number of aromatic nitrogens is 2. The second-order valence-electron chi connectivity index (χ2n) is 5.28. The number of nitrogens with zero attached hydrogens (tertiary/aromatic N) is 2. The SMILES string of the molecule is O=C(NCc1nnc(C(=O)Nc2ccc(F)cc2)s1)Nc1ccc(Cl)cc1. The van der Waals surface area contributed by atoms with E-state index in [1.807, 2.05) is 0 Å². The normalized spacial score (nSPS) is 10.3. The first-order valence-corrected chi connectivity index (χ1v) is 8.89. The molecule has 0 fully saturated rings. The maximum Gasteiger partial charge on any atom is 0.319 e. The number of carbonyl (C=O) groups excluding carboxylic acids is 2. The van der Waals surface area contributed by atoms with Crippen LogP contribution in [-0.2, 0) is 6.54 Å². The van der Waals surface area contributed by atoms with Gasteiger partial charge in [-0.3, -0.25) is 4.79 Å². The third-order valence-corrected chi connectivity index (χ3v) is 4.44. The smallest absolute Gasteiger partial charge is 0.319 e. The van der Waals surface area contributed by atoms with Crippen LogP contribution in [0.2, 0.25) is 5.02 Å². The van der Waals surface area contributed by atoms with Gasteiger partial charge in [0.15, 0.2) is 0 Å². The Hall–Kier alpha value is -3.04. The Bertz CT molecular complexity index is 947. The second-order valence-corrected chi connectivity index (χ2v) is 6.78. The van der Waals surface area contributed by atoms with Gasteiger partial charge in [0.2, 0.25) is 5.01 Å². The molecule has 138 valence electrons. The van der Waals surface area contributed by atoms with Crippen LogP contribution in [0.25, 0.3) is 0 Å². The van der Waals surface area contributed by atoms with Gasteiger partial charge >= 0.3 is 6.03 Å². The predicted molar refractivity (Wildman–Crippen MR) is 102 cm³/mol. The first-order valence-electron chi connectivity index (χ1n) is 7.69. The summed E-state index contributed by atoms with van der Waals surface area (Å²) < 4.78 is 12.9. The third kappa shape index (κ3) is 5.47. The fourth-order valence-electron chi connectivity index (χ4n) is 2.00. The Kier molecular flexibility index (Phi) is 5.94. The molecule has 1 heterocycles. The number of urea groups is 1. The summed E-state index contributed by atoms with van der Waals surface area (Å²) in [5.74, 6) is -0.856. The van der Waals surface area contributed by atoms with Gasteiger partial charge in [-0.2, -0.15) is 0 Å². The predicted octanol–water partition coefficient (Wildman–Crippen LogP) is 3.90. The van der Waals surface area contributed by atoms with Gasteiger partial charge in [0, 0.05) is 16.4 Å². The molecule has 0 bridgehead atoms. The summed E-state index contributed by atoms with van der Waals surface area (Å²) in [6.07, 6.45) is 0. The van der Waals surface area contributed by atoms with Crippen LogP contribution in [0.3, 0.4) is 0 Å². The summed E-state index contributed by atoms with van der Waals surface area (Å²) in [6.45, 7) is 0.112. The number of anilines is 2. The van der Waals surface area contributed by atoms with Gasteiger partial charge in [0.25, 0.3) is 5.91 Å². The molecule has 0 radical (unpaired) electrons. The van der Waals surface area contributed by atoms with Crippen LogP contribution < -0.4 is 16.0 Å². The quantitative estimate of drug-likeness (QED) is 0.599. The van der Waals surface area contributed by atoms with Gasteiger partial charge in [-0.15, -0.1) is 10.2 Å². The van der Waals surface area contributed by atoms with Crippen molar-refractivity contribution >= 4 is 46.3 Å². The van der Waals surface area contributed by atoms with E-state index in [2.05, 4.69) is 26.1 Å². The number of benzene rings is 2. The molecule has 10 heteroatoms. The maximum absolute atomic E-state index is 12.9. The lowest BCUT2D eigenvalue weighted by Gasteiger charge is -2.05. The van der Waals surface area contributed by atoms with E-state index < -0.39 is 17.8 Å². The molecular formula is C17H13ClFN5O2S. The molecular weight excluding hydrogens is 393 g/mol. The van der Waals surface area contributed by atoms with Gasteiger partial charge in [-0.25, -0.2) is 9.18 Å². The van der Waals surface area contributed by atoms with E-state index in [-0.39, 0.29) is 11.6 Å². The molecule has 2 aromatic carbocycles. The van der Waals surface area contributed by atoms with E-state index in [0.29, 0.717) is 21.4 Å². The highest BCUT2D eigenvalue weighted by Crippen LogP contribution is 2.15. The van der Waals surface area contributed by atoms with Gasteiger partial charge in [0.05, 0.1) is 6.54 Å². The topological polar surface area (TPSA) is 96.0 Å². The Balaban J connectivity index is 1.51. The summed E-state index contributed by atoms with van der Waals surface area (Å²) in [7, 11) is 0. The van der Waals surface area contributed by atoms with E-state index in [9.17, 15) is 14.0 Å². The minimum absolute atomic E-state index is 0.112. The van der Waals surface area contributed by atoms with Crippen LogP contribution in [0.4, 0.5) is 20.6 Å². The molecule has 3 amide bonds. The van der Waals surface area contributed by atoms with E-state index in [1.165, 1.54) is 24.3 Å². The molecule has 0 aliphatic heterocycles. The van der Waals surface area contributed by atoms with Gasteiger partial charge in [-0.1, -0.05) is 22.9 Å². The van der Waals surface area contributed by atoms with Crippen LogP contribution in [0.1, 0.15) is 14.8 Å². The highest BCUT2D eigenvalue weighted by molar-refractivity contribution is 7.13. The van der Waals surface area contributed by atoms with Crippen molar-refractivity contribution in [2.75, 3.05) is 10.6 Å². The molecule has 0 spiro atoms. The molecule has 0 saturated carbocycles. The first-order chi connectivity index (χ1) is 13.0. The lowest BCUT2D eigenvalue weighted by atomic mass is 10.3. The van der Waals surface area contributed by atoms with Crippen molar-refractivity contribution in [1.82, 2.24) is 15.5 Å². The van der Waals surface area contributed by atoms with Crippen LogP contribution in [-0.4, -0.2) is 22.1 Å². The largest absolute Gasteiger partial charge is 0.331 e. The Morgan fingerprint density at radius 2 is 1.59 bits per heavy atom. The summed E-state index contributed by atoms with van der Waals surface area (Å²) >= 11 is 6.83. The van der Waals surface area contributed by atoms with Crippen LogP contribution in [0, 0.1) is 5.82 Å². The van der Waals surface area contributed by atoms with Crippen molar-refractivity contribution in [2.24, 2.45) is 0 Å². The molecule has 3 aromatic rings. The number of amides is 3. The summed E-state index contributed by atoms with van der Waals surface area (Å²) in [5, 5.41) is 16.7. The highest BCUT2D eigenvalue weighted by Gasteiger charge is 2.14. The molecule has 27 heavy (non-hydrogen) atoms. The number of nitrogens with one attached hydrogen (secondary N) is 3. The fraction of sp³-hybridized carbons (Fsp3) is 0.0588. The van der Waals surface area contributed by atoms with Crippen molar-refractivity contribution in [3.63, 3.8) is 0 Å². The van der Waals surface area contributed by atoms with Crippen LogP contribution in [0.5, 0.6) is 0 Å². The van der Waals surface area contributed by atoms with Crippen molar-refractivity contribution in [3.8, 4) is 0 Å². The fourth-order valence-corrected chi connectivity index (χ4v) is 2.80. The Labute approximate surface area is 162 Å². The molecule has 0 aliphatic rings. The Morgan fingerprint density at radius 3 is 2.30 bits per heavy atom. The van der Waals surface area contributed by atoms with Crippen LogP contribution in [0.15, 0.2) is 48.5 Å². The van der Waals surface area contributed by atoms with E-state index in [1.54, 1.807) is 24.3 Å². The summed E-state index contributed by atoms with van der Waals surface area (Å²) in [4.78, 5) is 24.0. The number of hydrogen-bond donors (Lipinski definition) is 3. The third-order valence-electron chi connectivity index (χ3n) is 3.27. The zero-order valence-corrected chi connectivity index (χ0v) is 15.3. The van der Waals surface area contributed by atoms with E-state index >= 15 is 0 Å². The molecule has 1 aromatic heterocycles. The summed E-state index contributed by atoms with van der Waals surface area (Å²) in [5.41, 5.74) is 1.03. The lowest BCUT2D eigenvalue weighted by Crippen LogP contribution is -2.28. The molecule has 3 N–H and O–H groups in total. The number of hydrogen-bond acceptors (Lipinski definition) is 5. The molecule has 0 atom stereocenters. The highest BCUT2D eigenvalue weighted by atomic mass is 35.5. The maximum atomic E-state index is 12.9. The molecule has 0 unspecified atom stereocenters. The van der Waals surface area contributed by atoms with Gasteiger partial charge in [-0.05, 0) is 48.5 Å². The van der Waals surface area contributed by atoms with Crippen molar-refractivity contribution < 1.29 is 14.0 Å². The minimum Gasteiger partial charge on any atom is -0.331 e. The monoisotopic (exact) mass is 405 g/mol. The Morgan fingerprint density at radius 1 is 0.963 bits per heavy atom. The number of rotatable bonds is 5. The molecule has 7 nitrogen and oxygen atoms in total. The minimum atomic E-state index is -0.462. The standard InChI is InChI=1S/C17H13ClFN5O2S/c18-10-1-5-13(6-2-10)22-17(26)20-9-14-23-24-16(27-14)15(25)21-12-7-3-11(19)4-8-12/h1-8H,9H2,(H,21,25)(H2,20,22,26). The van der Waals surface area contributed by atoms with Gasteiger partial charge < -0.3 is 16.0 Å². The van der Waals surface area contributed by atoms with Crippen molar-refractivity contribution in [2.45, 2.75) is 6.54 Å². The molecule has 3 rings (SSSR count). The zero-order valence-electron chi connectivity index (χ0n) is 13.7. The second kappa shape index (κ2) is 8.56. The number of halogens is 2. The average Bonchev–Trinajstić information content (AvgIpc) is 3.13. The van der Waals surface area contributed by atoms with E-state index in [0.717, 1.165) is 11.3 Å². The van der Waals surface area contributed by atoms with E-state index in [4.69, 9.17) is 11.6 Å². The molecule has 0 aliphatic carbocycles. The number of carbonyl (C=O) groups is 2. The molecule has 0 saturated heterocycles.